The highest BCUT2D eigenvalue weighted by Crippen LogP contribution is 2.11. The molecule has 2 N–H and O–H groups in total. The van der Waals surface area contributed by atoms with Crippen LogP contribution in [-0.2, 0) is 13.0 Å². The van der Waals surface area contributed by atoms with Gasteiger partial charge in [0.05, 0.1) is 3.57 Å². The molecule has 0 spiro atoms. The van der Waals surface area contributed by atoms with Crippen molar-refractivity contribution in [1.82, 2.24) is 10.3 Å². The highest BCUT2D eigenvalue weighted by molar-refractivity contribution is 14.1. The summed E-state index contributed by atoms with van der Waals surface area (Å²) < 4.78 is 0.785. The summed E-state index contributed by atoms with van der Waals surface area (Å²) >= 11 is 2.07. The summed E-state index contributed by atoms with van der Waals surface area (Å²) in [5.74, 6) is 0. The van der Waals surface area contributed by atoms with E-state index in [0.29, 0.717) is 0 Å². The van der Waals surface area contributed by atoms with Crippen LogP contribution in [-0.4, -0.2) is 11.5 Å². The number of nitrogens with one attached hydrogen (secondary N) is 2. The van der Waals surface area contributed by atoms with E-state index in [1.54, 1.807) is 0 Å². The van der Waals surface area contributed by atoms with Crippen molar-refractivity contribution >= 4 is 22.6 Å². The van der Waals surface area contributed by atoms with Crippen molar-refractivity contribution in [3.05, 3.63) is 31.2 Å². The van der Waals surface area contributed by atoms with Crippen molar-refractivity contribution < 1.29 is 0 Å². The van der Waals surface area contributed by atoms with Crippen LogP contribution in [0.2, 0.25) is 0 Å². The average molecular weight is 276 g/mol. The lowest BCUT2D eigenvalue weighted by molar-refractivity contribution is 0.624. The zero-order chi connectivity index (χ0) is 8.55. The minimum atomic E-state index is 0.0260. The summed E-state index contributed by atoms with van der Waals surface area (Å²) in [6.07, 6.45) is 1.02. The standard InChI is InChI=1S/C8H9IN2O/c9-6-3-5-1-2-10-4-7(5)11-8(6)12/h3,10H,1-2,4H2,(H,11,12). The molecule has 3 nitrogen and oxygen atoms in total. The van der Waals surface area contributed by atoms with E-state index in [1.807, 2.05) is 6.07 Å². The zero-order valence-electron chi connectivity index (χ0n) is 6.48. The summed E-state index contributed by atoms with van der Waals surface area (Å²) in [5, 5.41) is 3.22. The fraction of sp³-hybridized carbons (Fsp3) is 0.375. The van der Waals surface area contributed by atoms with Gasteiger partial charge in [0, 0.05) is 12.2 Å². The second-order valence-electron chi connectivity index (χ2n) is 2.88. The van der Waals surface area contributed by atoms with E-state index < -0.39 is 0 Å². The van der Waals surface area contributed by atoms with Crippen molar-refractivity contribution in [3.63, 3.8) is 0 Å². The van der Waals surface area contributed by atoms with Crippen LogP contribution in [0.1, 0.15) is 11.3 Å². The number of rotatable bonds is 0. The molecule has 12 heavy (non-hydrogen) atoms. The summed E-state index contributed by atoms with van der Waals surface area (Å²) in [6.45, 7) is 1.80. The van der Waals surface area contributed by atoms with Crippen molar-refractivity contribution in [2.75, 3.05) is 6.54 Å². The van der Waals surface area contributed by atoms with Crippen LogP contribution < -0.4 is 10.9 Å². The van der Waals surface area contributed by atoms with E-state index in [0.717, 1.165) is 28.8 Å². The third kappa shape index (κ3) is 1.40. The molecule has 0 fully saturated rings. The molecule has 0 saturated heterocycles. The predicted molar refractivity (Wildman–Crippen MR) is 55.2 cm³/mol. The van der Waals surface area contributed by atoms with Gasteiger partial charge < -0.3 is 10.3 Å². The Morgan fingerprint density at radius 2 is 2.33 bits per heavy atom. The highest BCUT2D eigenvalue weighted by Gasteiger charge is 2.10. The maximum atomic E-state index is 11.2. The molecule has 1 aromatic heterocycles. The first-order valence-corrected chi connectivity index (χ1v) is 4.96. The lowest BCUT2D eigenvalue weighted by atomic mass is 10.1. The lowest BCUT2D eigenvalue weighted by Crippen LogP contribution is -2.28. The molecule has 0 atom stereocenters. The molecule has 0 amide bonds. The van der Waals surface area contributed by atoms with Crippen LogP contribution in [0, 0.1) is 3.57 Å². The maximum absolute atomic E-state index is 11.2. The minimum Gasteiger partial charge on any atom is -0.324 e. The number of H-pyrrole nitrogens is 1. The summed E-state index contributed by atoms with van der Waals surface area (Å²) in [6, 6.07) is 1.98. The van der Waals surface area contributed by atoms with Crippen LogP contribution >= 0.6 is 22.6 Å². The van der Waals surface area contributed by atoms with Crippen molar-refractivity contribution in [2.24, 2.45) is 0 Å². The van der Waals surface area contributed by atoms with Gasteiger partial charge in [0.25, 0.3) is 5.56 Å². The Hall–Kier alpha value is -0.360. The van der Waals surface area contributed by atoms with E-state index in [9.17, 15) is 4.79 Å². The smallest absolute Gasteiger partial charge is 0.261 e. The summed E-state index contributed by atoms with van der Waals surface area (Å²) in [7, 11) is 0. The topological polar surface area (TPSA) is 44.9 Å². The molecule has 2 heterocycles. The van der Waals surface area contributed by atoms with Gasteiger partial charge in [-0.25, -0.2) is 0 Å². The van der Waals surface area contributed by atoms with Crippen LogP contribution in [0.25, 0.3) is 0 Å². The number of aromatic nitrogens is 1. The first-order valence-electron chi connectivity index (χ1n) is 3.88. The van der Waals surface area contributed by atoms with Crippen molar-refractivity contribution in [1.29, 1.82) is 0 Å². The molecule has 2 rings (SSSR count). The number of aromatic amines is 1. The van der Waals surface area contributed by atoms with Gasteiger partial charge in [-0.3, -0.25) is 4.79 Å². The molecular weight excluding hydrogens is 267 g/mol. The largest absolute Gasteiger partial charge is 0.324 e. The molecule has 0 saturated carbocycles. The Morgan fingerprint density at radius 1 is 1.50 bits per heavy atom. The van der Waals surface area contributed by atoms with Crippen LogP contribution in [0.5, 0.6) is 0 Å². The summed E-state index contributed by atoms with van der Waals surface area (Å²) in [5.41, 5.74) is 2.35. The Labute approximate surface area is 83.7 Å². The number of hydrogen-bond donors (Lipinski definition) is 2. The number of fused-ring (bicyclic) bond motifs is 1. The molecule has 1 aliphatic heterocycles. The van der Waals surface area contributed by atoms with E-state index in [2.05, 4.69) is 32.9 Å². The van der Waals surface area contributed by atoms with Gasteiger partial charge in [-0.2, -0.15) is 0 Å². The van der Waals surface area contributed by atoms with Gasteiger partial charge in [-0.05, 0) is 47.2 Å². The molecule has 0 unspecified atom stereocenters. The molecule has 0 aliphatic carbocycles. The Balaban J connectivity index is 2.56. The average Bonchev–Trinajstić information content (AvgIpc) is 2.07. The molecular formula is C8H9IN2O. The van der Waals surface area contributed by atoms with Crippen LogP contribution in [0.15, 0.2) is 10.9 Å². The van der Waals surface area contributed by atoms with Gasteiger partial charge in [0.15, 0.2) is 0 Å². The van der Waals surface area contributed by atoms with E-state index in [1.165, 1.54) is 5.56 Å². The Bertz CT molecular complexity index is 359. The quantitative estimate of drug-likeness (QED) is 0.682. The van der Waals surface area contributed by atoms with Gasteiger partial charge in [-0.1, -0.05) is 0 Å². The first-order chi connectivity index (χ1) is 5.77. The fourth-order valence-corrected chi connectivity index (χ4v) is 1.91. The maximum Gasteiger partial charge on any atom is 0.261 e. The van der Waals surface area contributed by atoms with Crippen molar-refractivity contribution in [2.45, 2.75) is 13.0 Å². The third-order valence-electron chi connectivity index (χ3n) is 2.04. The van der Waals surface area contributed by atoms with Gasteiger partial charge in [0.2, 0.25) is 0 Å². The normalized spacial score (nSPS) is 15.8. The minimum absolute atomic E-state index is 0.0260. The van der Waals surface area contributed by atoms with E-state index >= 15 is 0 Å². The first kappa shape index (κ1) is 8.25. The third-order valence-corrected chi connectivity index (χ3v) is 2.84. The van der Waals surface area contributed by atoms with Crippen LogP contribution in [0.4, 0.5) is 0 Å². The molecule has 1 aliphatic rings. The predicted octanol–water partition coefficient (Wildman–Crippen LogP) is 0.625. The van der Waals surface area contributed by atoms with Gasteiger partial charge >= 0.3 is 0 Å². The Morgan fingerprint density at radius 3 is 3.17 bits per heavy atom. The SMILES string of the molecule is O=c1[nH]c2c(cc1I)CCNC2. The Kier molecular flexibility index (Phi) is 2.18. The number of hydrogen-bond acceptors (Lipinski definition) is 2. The molecule has 4 heteroatoms. The second kappa shape index (κ2) is 3.18. The van der Waals surface area contributed by atoms with Crippen LogP contribution in [0.3, 0.4) is 0 Å². The molecule has 0 bridgehead atoms. The highest BCUT2D eigenvalue weighted by atomic mass is 127. The fourth-order valence-electron chi connectivity index (χ4n) is 1.40. The molecule has 0 radical (unpaired) electrons. The molecule has 0 aromatic carbocycles. The lowest BCUT2D eigenvalue weighted by Gasteiger charge is -2.16. The van der Waals surface area contributed by atoms with E-state index in [-0.39, 0.29) is 5.56 Å². The molecule has 1 aromatic rings. The number of halogens is 1. The second-order valence-corrected chi connectivity index (χ2v) is 4.04. The zero-order valence-corrected chi connectivity index (χ0v) is 8.64. The van der Waals surface area contributed by atoms with E-state index in [4.69, 9.17) is 0 Å². The summed E-state index contributed by atoms with van der Waals surface area (Å²) in [4.78, 5) is 14.1. The monoisotopic (exact) mass is 276 g/mol. The van der Waals surface area contributed by atoms with Crippen molar-refractivity contribution in [3.8, 4) is 0 Å². The van der Waals surface area contributed by atoms with Gasteiger partial charge in [-0.15, -0.1) is 0 Å². The van der Waals surface area contributed by atoms with Gasteiger partial charge in [0.1, 0.15) is 0 Å². The number of pyridine rings is 1. The molecule has 64 valence electrons.